The quantitative estimate of drug-likeness (QED) is 0.531. The van der Waals surface area contributed by atoms with Crippen LogP contribution in [0.5, 0.6) is 5.75 Å². The summed E-state index contributed by atoms with van der Waals surface area (Å²) in [6, 6.07) is 21.4. The van der Waals surface area contributed by atoms with Gasteiger partial charge < -0.3 is 10.1 Å². The first-order valence-electron chi connectivity index (χ1n) is 10.1. The zero-order valence-corrected chi connectivity index (χ0v) is 17.9. The molecule has 0 spiro atoms. The first kappa shape index (κ1) is 21.6. The second-order valence-electron chi connectivity index (χ2n) is 8.51. The van der Waals surface area contributed by atoms with Gasteiger partial charge in [0, 0.05) is 5.56 Å². The van der Waals surface area contributed by atoms with Crippen LogP contribution in [0.2, 0.25) is 0 Å². The number of nitrogens with one attached hydrogen (secondary N) is 1. The molecule has 1 atom stereocenters. The summed E-state index contributed by atoms with van der Waals surface area (Å²) in [7, 11) is 0. The number of carbonyl (C=O) groups is 1. The lowest BCUT2D eigenvalue weighted by Gasteiger charge is -2.19. The van der Waals surface area contributed by atoms with E-state index in [1.807, 2.05) is 31.2 Å². The van der Waals surface area contributed by atoms with Gasteiger partial charge in [0.25, 0.3) is 5.91 Å². The van der Waals surface area contributed by atoms with Crippen LogP contribution in [0.4, 0.5) is 4.39 Å². The molecule has 0 aliphatic rings. The van der Waals surface area contributed by atoms with Crippen molar-refractivity contribution in [2.75, 3.05) is 0 Å². The maximum Gasteiger partial charge on any atom is 0.251 e. The van der Waals surface area contributed by atoms with E-state index in [4.69, 9.17) is 4.74 Å². The average Bonchev–Trinajstić information content (AvgIpc) is 2.72. The van der Waals surface area contributed by atoms with Crippen molar-refractivity contribution in [2.45, 2.75) is 45.8 Å². The average molecular weight is 406 g/mol. The van der Waals surface area contributed by atoms with Gasteiger partial charge in [-0.3, -0.25) is 4.79 Å². The van der Waals surface area contributed by atoms with Crippen LogP contribution in [0, 0.1) is 5.82 Å². The van der Waals surface area contributed by atoms with E-state index in [1.165, 1.54) is 17.7 Å². The zero-order chi connectivity index (χ0) is 21.7. The molecule has 3 aromatic rings. The van der Waals surface area contributed by atoms with Crippen LogP contribution in [-0.4, -0.2) is 5.91 Å². The molecular weight excluding hydrogens is 377 g/mol. The first-order chi connectivity index (χ1) is 14.2. The third-order valence-electron chi connectivity index (χ3n) is 5.06. The molecule has 0 bridgehead atoms. The SMILES string of the molecule is C[C@@H](NC(=O)c1ccc(COc2ccc(C(C)(C)C)cc2)cc1)c1ccc(F)cc1. The van der Waals surface area contributed by atoms with Crippen molar-refractivity contribution >= 4 is 5.91 Å². The molecule has 30 heavy (non-hydrogen) atoms. The first-order valence-corrected chi connectivity index (χ1v) is 10.1. The van der Waals surface area contributed by atoms with Gasteiger partial charge in [0.1, 0.15) is 18.2 Å². The molecule has 0 aliphatic heterocycles. The number of hydrogen-bond donors (Lipinski definition) is 1. The minimum absolute atomic E-state index is 0.114. The summed E-state index contributed by atoms with van der Waals surface area (Å²) < 4.78 is 18.9. The fourth-order valence-corrected chi connectivity index (χ4v) is 3.08. The van der Waals surface area contributed by atoms with E-state index >= 15 is 0 Å². The van der Waals surface area contributed by atoms with Crippen molar-refractivity contribution in [1.29, 1.82) is 0 Å². The number of carbonyl (C=O) groups excluding carboxylic acids is 1. The molecule has 0 fully saturated rings. The molecule has 3 rings (SSSR count). The minimum atomic E-state index is -0.291. The normalized spacial score (nSPS) is 12.3. The molecule has 0 radical (unpaired) electrons. The monoisotopic (exact) mass is 405 g/mol. The Bertz CT molecular complexity index is 972. The van der Waals surface area contributed by atoms with E-state index in [9.17, 15) is 9.18 Å². The molecule has 3 aromatic carbocycles. The van der Waals surface area contributed by atoms with Crippen LogP contribution in [0.25, 0.3) is 0 Å². The minimum Gasteiger partial charge on any atom is -0.489 e. The maximum absolute atomic E-state index is 13.1. The Kier molecular flexibility index (Phi) is 6.56. The van der Waals surface area contributed by atoms with Gasteiger partial charge in [-0.15, -0.1) is 0 Å². The van der Waals surface area contributed by atoms with Crippen LogP contribution >= 0.6 is 0 Å². The fraction of sp³-hybridized carbons (Fsp3) is 0.269. The third kappa shape index (κ3) is 5.69. The standard InChI is InChI=1S/C26H28FNO2/c1-18(20-9-13-23(27)14-10-20)28-25(29)21-7-5-19(6-8-21)17-30-24-15-11-22(12-16-24)26(2,3)4/h5-16,18H,17H2,1-4H3,(H,28,29)/t18-/m1/s1. The highest BCUT2D eigenvalue weighted by Gasteiger charge is 2.13. The molecule has 0 aliphatic carbocycles. The van der Waals surface area contributed by atoms with Gasteiger partial charge in [0.05, 0.1) is 6.04 Å². The molecule has 0 saturated carbocycles. The Labute approximate surface area is 177 Å². The van der Waals surface area contributed by atoms with E-state index in [2.05, 4.69) is 38.2 Å². The lowest BCUT2D eigenvalue weighted by molar-refractivity contribution is 0.0940. The van der Waals surface area contributed by atoms with Gasteiger partial charge in [0.15, 0.2) is 0 Å². The largest absolute Gasteiger partial charge is 0.489 e. The highest BCUT2D eigenvalue weighted by Crippen LogP contribution is 2.24. The number of benzene rings is 3. The van der Waals surface area contributed by atoms with E-state index in [0.29, 0.717) is 12.2 Å². The molecule has 3 nitrogen and oxygen atoms in total. The molecular formula is C26H28FNO2. The lowest BCUT2D eigenvalue weighted by atomic mass is 9.87. The summed E-state index contributed by atoms with van der Waals surface area (Å²) in [5.74, 6) is 0.357. The Morgan fingerprint density at radius 3 is 2.10 bits per heavy atom. The summed E-state index contributed by atoms with van der Waals surface area (Å²) in [5.41, 5.74) is 3.79. The third-order valence-corrected chi connectivity index (χ3v) is 5.06. The predicted molar refractivity (Wildman–Crippen MR) is 118 cm³/mol. The van der Waals surface area contributed by atoms with Gasteiger partial charge in [-0.25, -0.2) is 4.39 Å². The van der Waals surface area contributed by atoms with E-state index in [0.717, 1.165) is 16.9 Å². The summed E-state index contributed by atoms with van der Waals surface area (Å²) in [6.45, 7) is 8.85. The molecule has 0 heterocycles. The van der Waals surface area contributed by atoms with Crippen molar-refractivity contribution in [2.24, 2.45) is 0 Å². The number of ether oxygens (including phenoxy) is 1. The van der Waals surface area contributed by atoms with Crippen LogP contribution in [0.1, 0.15) is 60.8 Å². The Morgan fingerprint density at radius 2 is 1.53 bits per heavy atom. The maximum atomic E-state index is 13.1. The van der Waals surface area contributed by atoms with Gasteiger partial charge in [-0.2, -0.15) is 0 Å². The van der Waals surface area contributed by atoms with Gasteiger partial charge >= 0.3 is 0 Å². The van der Waals surface area contributed by atoms with Gasteiger partial charge in [-0.1, -0.05) is 57.2 Å². The van der Waals surface area contributed by atoms with Crippen LogP contribution in [0.15, 0.2) is 72.8 Å². The Balaban J connectivity index is 1.55. The number of amides is 1. The Hall–Kier alpha value is -3.14. The van der Waals surface area contributed by atoms with Gasteiger partial charge in [-0.05, 0) is 65.4 Å². The second kappa shape index (κ2) is 9.12. The number of rotatable bonds is 6. The predicted octanol–water partition coefficient (Wildman–Crippen LogP) is 6.19. The summed E-state index contributed by atoms with van der Waals surface area (Å²) in [5, 5.41) is 2.93. The highest BCUT2D eigenvalue weighted by molar-refractivity contribution is 5.94. The summed E-state index contributed by atoms with van der Waals surface area (Å²) in [4.78, 5) is 12.5. The second-order valence-corrected chi connectivity index (χ2v) is 8.51. The molecule has 0 unspecified atom stereocenters. The molecule has 1 amide bonds. The van der Waals surface area contributed by atoms with E-state index in [-0.39, 0.29) is 23.2 Å². The zero-order valence-electron chi connectivity index (χ0n) is 17.9. The summed E-state index contributed by atoms with van der Waals surface area (Å²) in [6.07, 6.45) is 0. The smallest absolute Gasteiger partial charge is 0.251 e. The van der Waals surface area contributed by atoms with Crippen molar-refractivity contribution in [1.82, 2.24) is 5.32 Å². The van der Waals surface area contributed by atoms with E-state index < -0.39 is 0 Å². The van der Waals surface area contributed by atoms with Crippen LogP contribution in [-0.2, 0) is 12.0 Å². The highest BCUT2D eigenvalue weighted by atomic mass is 19.1. The molecule has 4 heteroatoms. The summed E-state index contributed by atoms with van der Waals surface area (Å²) >= 11 is 0. The van der Waals surface area contributed by atoms with Gasteiger partial charge in [0.2, 0.25) is 0 Å². The molecule has 0 aromatic heterocycles. The van der Waals surface area contributed by atoms with Crippen molar-refractivity contribution in [3.8, 4) is 5.75 Å². The van der Waals surface area contributed by atoms with Crippen molar-refractivity contribution < 1.29 is 13.9 Å². The van der Waals surface area contributed by atoms with Crippen LogP contribution in [0.3, 0.4) is 0 Å². The number of halogens is 1. The molecule has 1 N–H and O–H groups in total. The van der Waals surface area contributed by atoms with Crippen molar-refractivity contribution in [3.63, 3.8) is 0 Å². The molecule has 0 saturated heterocycles. The number of hydrogen-bond acceptors (Lipinski definition) is 2. The lowest BCUT2D eigenvalue weighted by Crippen LogP contribution is -2.26. The molecule has 156 valence electrons. The topological polar surface area (TPSA) is 38.3 Å². The Morgan fingerprint density at radius 1 is 0.933 bits per heavy atom. The fourth-order valence-electron chi connectivity index (χ4n) is 3.08. The van der Waals surface area contributed by atoms with E-state index in [1.54, 1.807) is 24.3 Å². The van der Waals surface area contributed by atoms with Crippen molar-refractivity contribution in [3.05, 3.63) is 101 Å². The van der Waals surface area contributed by atoms with Crippen LogP contribution < -0.4 is 10.1 Å².